The maximum atomic E-state index is 13.0. The predicted octanol–water partition coefficient (Wildman–Crippen LogP) is 1.97. The van der Waals surface area contributed by atoms with Gasteiger partial charge in [0.15, 0.2) is 5.11 Å². The summed E-state index contributed by atoms with van der Waals surface area (Å²) in [6.07, 6.45) is 0.939. The fraction of sp³-hybridized carbons (Fsp3) is 0.500. The molecule has 1 aromatic carbocycles. The lowest BCUT2D eigenvalue weighted by Crippen LogP contribution is -2.44. The van der Waals surface area contributed by atoms with Crippen LogP contribution in [0.2, 0.25) is 0 Å². The number of likely N-dealkylation sites (N-methyl/N-ethyl adjacent to an activating group) is 1. The van der Waals surface area contributed by atoms with E-state index in [0.29, 0.717) is 30.2 Å². The van der Waals surface area contributed by atoms with Gasteiger partial charge in [0.2, 0.25) is 5.91 Å². The van der Waals surface area contributed by atoms with Gasteiger partial charge in [0.1, 0.15) is 5.75 Å². The molecule has 0 radical (unpaired) electrons. The molecule has 0 aliphatic heterocycles. The summed E-state index contributed by atoms with van der Waals surface area (Å²) in [4.78, 5) is 14.5. The average molecular weight is 386 g/mol. The molecule has 0 aliphatic carbocycles. The highest BCUT2D eigenvalue weighted by Crippen LogP contribution is 2.26. The van der Waals surface area contributed by atoms with Crippen LogP contribution in [0, 0.1) is 0 Å². The van der Waals surface area contributed by atoms with Gasteiger partial charge >= 0.3 is 10.5 Å². The Hall–Kier alpha value is -2.00. The van der Waals surface area contributed by atoms with Gasteiger partial charge in [0, 0.05) is 13.6 Å². The predicted molar refractivity (Wildman–Crippen MR) is 100 cm³/mol. The lowest BCUT2D eigenvalue weighted by Gasteiger charge is -2.26. The van der Waals surface area contributed by atoms with Crippen LogP contribution >= 0.6 is 12.2 Å². The fourth-order valence-electron chi connectivity index (χ4n) is 2.43. The van der Waals surface area contributed by atoms with Crippen LogP contribution < -0.4 is 10.1 Å². The monoisotopic (exact) mass is 385 g/mol. The van der Waals surface area contributed by atoms with E-state index in [-0.39, 0.29) is 12.5 Å². The van der Waals surface area contributed by atoms with Gasteiger partial charge in [0.25, 0.3) is 0 Å². The number of ether oxygens (including phenoxy) is 1. The van der Waals surface area contributed by atoms with E-state index >= 15 is 0 Å². The van der Waals surface area contributed by atoms with Crippen LogP contribution in [-0.4, -0.2) is 51.6 Å². The number of hydrogen-bond acceptors (Lipinski definition) is 6. The summed E-state index contributed by atoms with van der Waals surface area (Å²) in [5.41, 5.74) is 0.825. The van der Waals surface area contributed by atoms with Crippen LogP contribution in [-0.2, 0) is 15.3 Å². The molecule has 0 aromatic heterocycles. The zero-order chi connectivity index (χ0) is 18.8. The van der Waals surface area contributed by atoms with Gasteiger partial charge in [-0.3, -0.25) is 9.69 Å². The third-order valence-electron chi connectivity index (χ3n) is 3.71. The van der Waals surface area contributed by atoms with E-state index in [1.807, 2.05) is 19.1 Å². The molecule has 1 amide bonds. The Morgan fingerprint density at radius 1 is 1.36 bits per heavy atom. The first-order valence-corrected chi connectivity index (χ1v) is 9.32. The molecule has 1 rings (SSSR count). The van der Waals surface area contributed by atoms with E-state index in [0.717, 1.165) is 5.56 Å². The number of carbonyl (C=O) groups excluding carboxylic acids is 1. The smallest absolute Gasteiger partial charge is 0.311 e. The van der Waals surface area contributed by atoms with Crippen LogP contribution in [0.15, 0.2) is 28.6 Å². The maximum Gasteiger partial charge on any atom is 0.311 e. The van der Waals surface area contributed by atoms with Crippen molar-refractivity contribution >= 4 is 33.7 Å². The summed E-state index contributed by atoms with van der Waals surface area (Å²) in [6.45, 7) is 2.45. The molecule has 1 atom stereocenters. The van der Waals surface area contributed by atoms with Crippen molar-refractivity contribution in [1.29, 1.82) is 0 Å². The number of carbonyl (C=O) groups is 1. The Bertz CT molecular complexity index is 709. The van der Waals surface area contributed by atoms with E-state index in [1.54, 1.807) is 26.3 Å². The number of amides is 1. The molecule has 0 spiro atoms. The van der Waals surface area contributed by atoms with E-state index in [1.165, 1.54) is 4.90 Å². The average Bonchev–Trinajstić information content (AvgIpc) is 2.62. The van der Waals surface area contributed by atoms with Crippen molar-refractivity contribution in [3.05, 3.63) is 29.8 Å². The van der Waals surface area contributed by atoms with Crippen LogP contribution in [0.3, 0.4) is 0 Å². The molecule has 1 aromatic rings. The molecule has 138 valence electrons. The first kappa shape index (κ1) is 21.0. The summed E-state index contributed by atoms with van der Waals surface area (Å²) in [7, 11) is 0.819. The van der Waals surface area contributed by atoms with Crippen LogP contribution in [0.25, 0.3) is 0 Å². The van der Waals surface area contributed by atoms with Crippen molar-refractivity contribution in [2.45, 2.75) is 25.7 Å². The van der Waals surface area contributed by atoms with Crippen molar-refractivity contribution in [3.8, 4) is 5.75 Å². The third-order valence-corrected chi connectivity index (χ3v) is 4.52. The highest BCUT2D eigenvalue weighted by Gasteiger charge is 2.26. The van der Waals surface area contributed by atoms with Crippen LogP contribution in [0.5, 0.6) is 5.75 Å². The van der Waals surface area contributed by atoms with Gasteiger partial charge in [-0.2, -0.15) is 12.8 Å². The normalized spacial score (nSPS) is 11.3. The van der Waals surface area contributed by atoms with Gasteiger partial charge in [-0.15, -0.1) is 0 Å². The minimum absolute atomic E-state index is 0.129. The highest BCUT2D eigenvalue weighted by atomic mass is 32.2. The molecular formula is C16H23N3O4S2. The Labute approximate surface area is 155 Å². The van der Waals surface area contributed by atoms with Gasteiger partial charge in [0.05, 0.1) is 19.6 Å². The summed E-state index contributed by atoms with van der Waals surface area (Å²) in [5, 5.41) is 3.18. The summed E-state index contributed by atoms with van der Waals surface area (Å²) in [6, 6.07) is 7.25. The van der Waals surface area contributed by atoms with Gasteiger partial charge < -0.3 is 10.1 Å². The molecular weight excluding hydrogens is 362 g/mol. The van der Waals surface area contributed by atoms with E-state index in [2.05, 4.69) is 9.68 Å². The van der Waals surface area contributed by atoms with Crippen LogP contribution in [0.1, 0.15) is 31.2 Å². The largest absolute Gasteiger partial charge is 0.497 e. The van der Waals surface area contributed by atoms with Crippen LogP contribution in [0.4, 0.5) is 0 Å². The van der Waals surface area contributed by atoms with E-state index in [9.17, 15) is 13.2 Å². The zero-order valence-corrected chi connectivity index (χ0v) is 16.2. The first-order chi connectivity index (χ1) is 11.9. The minimum Gasteiger partial charge on any atom is -0.497 e. The minimum atomic E-state index is -2.43. The lowest BCUT2D eigenvalue weighted by atomic mass is 9.92. The SMILES string of the molecule is CCN(C(=O)C(CCCN=S(=O)=O)c1ccc(OC)cc1)C(=S)NC. The number of hydrogen-bond donors (Lipinski definition) is 1. The number of rotatable bonds is 8. The van der Waals surface area contributed by atoms with Crippen molar-refractivity contribution in [2.24, 2.45) is 4.36 Å². The standard InChI is InChI=1S/C16H23N3O4S2/c1-4-19(16(24)17-2)15(20)14(6-5-11-18-25(21)22)12-7-9-13(23-3)10-8-12/h7-10,14H,4-6,11H2,1-3H3,(H,17,24). The van der Waals surface area contributed by atoms with Gasteiger partial charge in [-0.05, 0) is 49.7 Å². The van der Waals surface area contributed by atoms with Crippen molar-refractivity contribution in [3.63, 3.8) is 0 Å². The summed E-state index contributed by atoms with van der Waals surface area (Å²) < 4.78 is 29.6. The molecule has 1 unspecified atom stereocenters. The molecule has 9 heteroatoms. The zero-order valence-electron chi connectivity index (χ0n) is 14.6. The fourth-order valence-corrected chi connectivity index (χ4v) is 2.92. The molecule has 7 nitrogen and oxygen atoms in total. The van der Waals surface area contributed by atoms with Gasteiger partial charge in [-0.1, -0.05) is 12.1 Å². The summed E-state index contributed by atoms with van der Waals surface area (Å²) >= 11 is 5.20. The molecule has 0 bridgehead atoms. The highest BCUT2D eigenvalue weighted by molar-refractivity contribution is 7.80. The number of benzene rings is 1. The Morgan fingerprint density at radius 2 is 2.00 bits per heavy atom. The number of thiocarbonyl (C=S) groups is 1. The summed E-state index contributed by atoms with van der Waals surface area (Å²) in [5.74, 6) is 0.132. The number of methoxy groups -OCH3 is 1. The molecule has 0 saturated carbocycles. The maximum absolute atomic E-state index is 13.0. The second kappa shape index (κ2) is 10.8. The lowest BCUT2D eigenvalue weighted by molar-refractivity contribution is -0.129. The van der Waals surface area contributed by atoms with Crippen molar-refractivity contribution in [2.75, 3.05) is 27.2 Å². The Kier molecular flexibility index (Phi) is 9.07. The molecule has 0 saturated heterocycles. The Balaban J connectivity index is 3.05. The van der Waals surface area contributed by atoms with Gasteiger partial charge in [-0.25, -0.2) is 0 Å². The second-order valence-corrected chi connectivity index (χ2v) is 6.25. The Morgan fingerprint density at radius 3 is 2.48 bits per heavy atom. The molecule has 0 aliphatic rings. The quantitative estimate of drug-likeness (QED) is 0.544. The second-order valence-electron chi connectivity index (χ2n) is 5.18. The van der Waals surface area contributed by atoms with Crippen molar-refractivity contribution < 1.29 is 17.9 Å². The first-order valence-electron chi connectivity index (χ1n) is 7.88. The molecule has 0 fully saturated rings. The molecule has 0 heterocycles. The molecule has 1 N–H and O–H groups in total. The molecule has 25 heavy (non-hydrogen) atoms. The third kappa shape index (κ3) is 6.43. The van der Waals surface area contributed by atoms with Crippen molar-refractivity contribution in [1.82, 2.24) is 10.2 Å². The number of nitrogens with one attached hydrogen (secondary N) is 1. The topological polar surface area (TPSA) is 88.1 Å². The van der Waals surface area contributed by atoms with E-state index < -0.39 is 16.4 Å². The van der Waals surface area contributed by atoms with E-state index in [4.69, 9.17) is 17.0 Å². The number of nitrogens with zero attached hydrogens (tertiary/aromatic N) is 2.